The van der Waals surface area contributed by atoms with Gasteiger partial charge in [0.05, 0.1) is 12.9 Å². The lowest BCUT2D eigenvalue weighted by Crippen LogP contribution is -2.20. The molecule has 0 aliphatic carbocycles. The van der Waals surface area contributed by atoms with E-state index in [0.717, 1.165) is 16.7 Å². The molecule has 0 fully saturated rings. The van der Waals surface area contributed by atoms with Crippen molar-refractivity contribution in [2.75, 3.05) is 25.1 Å². The monoisotopic (exact) mass is 191 g/mol. The van der Waals surface area contributed by atoms with E-state index in [1.54, 1.807) is 6.26 Å². The highest BCUT2D eigenvalue weighted by molar-refractivity contribution is 5.80. The van der Waals surface area contributed by atoms with E-state index in [-0.39, 0.29) is 6.61 Å². The van der Waals surface area contributed by atoms with E-state index >= 15 is 0 Å². The maximum Gasteiger partial charge on any atom is 0.135 e. The summed E-state index contributed by atoms with van der Waals surface area (Å²) in [4.78, 5) is 1.99. The summed E-state index contributed by atoms with van der Waals surface area (Å²) in [6, 6.07) is 7.95. The molecule has 2 aromatic rings. The van der Waals surface area contributed by atoms with E-state index in [1.165, 1.54) is 0 Å². The van der Waals surface area contributed by atoms with Gasteiger partial charge in [-0.15, -0.1) is 0 Å². The van der Waals surface area contributed by atoms with Crippen molar-refractivity contribution in [3.8, 4) is 0 Å². The van der Waals surface area contributed by atoms with Gasteiger partial charge in [0.25, 0.3) is 0 Å². The molecule has 0 bridgehead atoms. The zero-order valence-corrected chi connectivity index (χ0v) is 8.10. The van der Waals surface area contributed by atoms with Gasteiger partial charge in [-0.1, -0.05) is 0 Å². The van der Waals surface area contributed by atoms with E-state index in [1.807, 2.05) is 36.2 Å². The molecule has 14 heavy (non-hydrogen) atoms. The normalized spacial score (nSPS) is 10.7. The van der Waals surface area contributed by atoms with Crippen LogP contribution in [0.3, 0.4) is 0 Å². The van der Waals surface area contributed by atoms with Crippen molar-refractivity contribution in [1.82, 2.24) is 0 Å². The largest absolute Gasteiger partial charge is 0.464 e. The lowest BCUT2D eigenvalue weighted by atomic mass is 10.2. The predicted octanol–water partition coefficient (Wildman–Crippen LogP) is 1.86. The van der Waals surface area contributed by atoms with Crippen LogP contribution in [-0.2, 0) is 0 Å². The van der Waals surface area contributed by atoms with Crippen molar-refractivity contribution in [1.29, 1.82) is 0 Å². The first-order valence-corrected chi connectivity index (χ1v) is 4.60. The van der Waals surface area contributed by atoms with E-state index in [0.29, 0.717) is 6.54 Å². The first-order valence-electron chi connectivity index (χ1n) is 4.60. The highest BCUT2D eigenvalue weighted by Crippen LogP contribution is 2.21. The number of fused-ring (bicyclic) bond motifs is 1. The number of furan rings is 1. The fourth-order valence-electron chi connectivity index (χ4n) is 1.46. The van der Waals surface area contributed by atoms with Crippen molar-refractivity contribution < 1.29 is 9.52 Å². The van der Waals surface area contributed by atoms with Crippen molar-refractivity contribution in [2.24, 2.45) is 0 Å². The standard InChI is InChI=1S/C11H13NO2/c1-12(5-6-13)10-3-2-9-4-7-14-11(9)8-10/h2-4,7-8,13H,5-6H2,1H3. The van der Waals surface area contributed by atoms with Crippen LogP contribution in [0, 0.1) is 0 Å². The maximum atomic E-state index is 8.81. The van der Waals surface area contributed by atoms with Gasteiger partial charge in [0.1, 0.15) is 5.58 Å². The van der Waals surface area contributed by atoms with Crippen LogP contribution in [0.25, 0.3) is 11.0 Å². The third-order valence-corrected chi connectivity index (χ3v) is 2.32. The van der Waals surface area contributed by atoms with E-state index in [9.17, 15) is 0 Å². The van der Waals surface area contributed by atoms with E-state index in [4.69, 9.17) is 9.52 Å². The third-order valence-electron chi connectivity index (χ3n) is 2.32. The van der Waals surface area contributed by atoms with Gasteiger partial charge in [-0.25, -0.2) is 0 Å². The highest BCUT2D eigenvalue weighted by Gasteiger charge is 2.02. The minimum Gasteiger partial charge on any atom is -0.464 e. The molecule has 1 heterocycles. The summed E-state index contributed by atoms with van der Waals surface area (Å²) in [5.41, 5.74) is 1.94. The zero-order valence-electron chi connectivity index (χ0n) is 8.10. The van der Waals surface area contributed by atoms with Crippen molar-refractivity contribution >= 4 is 16.7 Å². The molecule has 0 saturated heterocycles. The summed E-state index contributed by atoms with van der Waals surface area (Å²) < 4.78 is 5.30. The highest BCUT2D eigenvalue weighted by atomic mass is 16.3. The van der Waals surface area contributed by atoms with Crippen LogP contribution in [0.2, 0.25) is 0 Å². The minimum absolute atomic E-state index is 0.159. The van der Waals surface area contributed by atoms with Crippen molar-refractivity contribution in [3.05, 3.63) is 30.5 Å². The minimum atomic E-state index is 0.159. The number of anilines is 1. The Labute approximate surface area is 82.6 Å². The van der Waals surface area contributed by atoms with Crippen LogP contribution < -0.4 is 4.90 Å². The first kappa shape index (κ1) is 9.09. The van der Waals surface area contributed by atoms with Crippen LogP contribution >= 0.6 is 0 Å². The number of hydrogen-bond donors (Lipinski definition) is 1. The van der Waals surface area contributed by atoms with Gasteiger partial charge in [0.15, 0.2) is 0 Å². The van der Waals surface area contributed by atoms with Crippen LogP contribution in [-0.4, -0.2) is 25.3 Å². The first-order chi connectivity index (χ1) is 6.81. The number of aliphatic hydroxyl groups is 1. The Kier molecular flexibility index (Phi) is 2.41. The fourth-order valence-corrected chi connectivity index (χ4v) is 1.46. The molecular formula is C11H13NO2. The molecule has 1 aromatic heterocycles. The number of likely N-dealkylation sites (N-methyl/N-ethyl adjacent to an activating group) is 1. The SMILES string of the molecule is CN(CCO)c1ccc2ccoc2c1. The van der Waals surface area contributed by atoms with Crippen LogP contribution in [0.1, 0.15) is 0 Å². The third kappa shape index (κ3) is 1.59. The summed E-state index contributed by atoms with van der Waals surface area (Å²) in [5.74, 6) is 0. The van der Waals surface area contributed by atoms with Gasteiger partial charge < -0.3 is 14.4 Å². The summed E-state index contributed by atoms with van der Waals surface area (Å²) in [6.07, 6.45) is 1.68. The predicted molar refractivity (Wildman–Crippen MR) is 56.6 cm³/mol. The Morgan fingerprint density at radius 1 is 1.36 bits per heavy atom. The van der Waals surface area contributed by atoms with Crippen LogP contribution in [0.5, 0.6) is 0 Å². The Hall–Kier alpha value is -1.48. The molecule has 0 unspecified atom stereocenters. The van der Waals surface area contributed by atoms with Crippen molar-refractivity contribution in [3.63, 3.8) is 0 Å². The quantitative estimate of drug-likeness (QED) is 0.804. The lowest BCUT2D eigenvalue weighted by molar-refractivity contribution is 0.304. The van der Waals surface area contributed by atoms with Gasteiger partial charge in [-0.3, -0.25) is 0 Å². The second-order valence-corrected chi connectivity index (χ2v) is 3.29. The molecule has 0 aliphatic rings. The summed E-state index contributed by atoms with van der Waals surface area (Å²) in [6.45, 7) is 0.791. The molecule has 0 amide bonds. The summed E-state index contributed by atoms with van der Waals surface area (Å²) >= 11 is 0. The number of benzene rings is 1. The topological polar surface area (TPSA) is 36.6 Å². The molecular weight excluding hydrogens is 178 g/mol. The molecule has 2 rings (SSSR count). The summed E-state index contributed by atoms with van der Waals surface area (Å²) in [5, 5.41) is 9.91. The second-order valence-electron chi connectivity index (χ2n) is 3.29. The molecule has 0 spiro atoms. The van der Waals surface area contributed by atoms with Crippen LogP contribution in [0.15, 0.2) is 34.9 Å². The smallest absolute Gasteiger partial charge is 0.135 e. The average molecular weight is 191 g/mol. The second kappa shape index (κ2) is 3.72. The van der Waals surface area contributed by atoms with Gasteiger partial charge in [-0.2, -0.15) is 0 Å². The number of nitrogens with zero attached hydrogens (tertiary/aromatic N) is 1. The van der Waals surface area contributed by atoms with E-state index in [2.05, 4.69) is 0 Å². The molecule has 3 nitrogen and oxygen atoms in total. The summed E-state index contributed by atoms with van der Waals surface area (Å²) in [7, 11) is 1.94. The molecule has 0 radical (unpaired) electrons. The molecule has 74 valence electrons. The number of hydrogen-bond acceptors (Lipinski definition) is 3. The van der Waals surface area contributed by atoms with Gasteiger partial charge in [0, 0.05) is 30.7 Å². The van der Waals surface area contributed by atoms with E-state index < -0.39 is 0 Å². The molecule has 1 aromatic carbocycles. The Morgan fingerprint density at radius 2 is 2.21 bits per heavy atom. The fraction of sp³-hybridized carbons (Fsp3) is 0.273. The molecule has 0 aliphatic heterocycles. The number of aliphatic hydroxyl groups excluding tert-OH is 1. The Balaban J connectivity index is 2.33. The number of rotatable bonds is 3. The Bertz CT molecular complexity index is 422. The van der Waals surface area contributed by atoms with Gasteiger partial charge in [-0.05, 0) is 18.2 Å². The van der Waals surface area contributed by atoms with Crippen molar-refractivity contribution in [2.45, 2.75) is 0 Å². The molecule has 0 atom stereocenters. The zero-order chi connectivity index (χ0) is 9.97. The van der Waals surface area contributed by atoms with Crippen LogP contribution in [0.4, 0.5) is 5.69 Å². The average Bonchev–Trinajstić information content (AvgIpc) is 2.64. The maximum absolute atomic E-state index is 8.81. The molecule has 1 N–H and O–H groups in total. The van der Waals surface area contributed by atoms with Gasteiger partial charge >= 0.3 is 0 Å². The molecule has 3 heteroatoms. The Morgan fingerprint density at radius 3 is 3.00 bits per heavy atom. The molecule has 0 saturated carbocycles. The lowest BCUT2D eigenvalue weighted by Gasteiger charge is -2.17. The van der Waals surface area contributed by atoms with Gasteiger partial charge in [0.2, 0.25) is 0 Å².